The predicted octanol–water partition coefficient (Wildman–Crippen LogP) is 4.46. The van der Waals surface area contributed by atoms with Gasteiger partial charge in [0.2, 0.25) is 0 Å². The second kappa shape index (κ2) is 5.49. The van der Waals surface area contributed by atoms with E-state index in [-0.39, 0.29) is 0 Å². The summed E-state index contributed by atoms with van der Waals surface area (Å²) in [6.45, 7) is 1.26. The topological polar surface area (TPSA) is 30.9 Å². The van der Waals surface area contributed by atoms with Gasteiger partial charge in [-0.15, -0.1) is 0 Å². The normalized spacial score (nSPS) is 11.2. The average Bonchev–Trinajstić information content (AvgIpc) is 2.85. The Labute approximate surface area is 127 Å². The first-order valence-electron chi connectivity index (χ1n) is 6.40. The van der Waals surface area contributed by atoms with Gasteiger partial charge >= 0.3 is 0 Å². The van der Waals surface area contributed by atoms with Gasteiger partial charge in [0, 0.05) is 40.2 Å². The molecule has 0 spiro atoms. The van der Waals surface area contributed by atoms with Gasteiger partial charge in [-0.05, 0) is 35.4 Å². The maximum absolute atomic E-state index is 6.24. The van der Waals surface area contributed by atoms with E-state index in [2.05, 4.69) is 29.0 Å². The summed E-state index contributed by atoms with van der Waals surface area (Å²) < 4.78 is 2.17. The average molecular weight is 305 g/mol. The molecule has 2 aromatic carbocycles. The van der Waals surface area contributed by atoms with Crippen molar-refractivity contribution in [2.24, 2.45) is 5.73 Å². The molecule has 0 atom stereocenters. The second-order valence-electron chi connectivity index (χ2n) is 4.73. The van der Waals surface area contributed by atoms with E-state index < -0.39 is 0 Å². The van der Waals surface area contributed by atoms with Crippen molar-refractivity contribution in [3.63, 3.8) is 0 Å². The Morgan fingerprint density at radius 1 is 1.00 bits per heavy atom. The summed E-state index contributed by atoms with van der Waals surface area (Å²) in [4.78, 5) is 0. The molecule has 20 heavy (non-hydrogen) atoms. The Hall–Kier alpha value is -1.48. The van der Waals surface area contributed by atoms with E-state index in [4.69, 9.17) is 28.9 Å². The summed E-state index contributed by atoms with van der Waals surface area (Å²) in [5, 5.41) is 2.54. The third-order valence-corrected chi connectivity index (χ3v) is 4.07. The number of aromatic nitrogens is 1. The summed E-state index contributed by atoms with van der Waals surface area (Å²) in [7, 11) is 0. The quantitative estimate of drug-likeness (QED) is 0.761. The van der Waals surface area contributed by atoms with Crippen LogP contribution in [0.15, 0.2) is 48.7 Å². The van der Waals surface area contributed by atoms with Crippen LogP contribution < -0.4 is 5.73 Å². The molecule has 0 saturated carbocycles. The molecular formula is C16H14Cl2N2. The molecule has 0 aliphatic rings. The molecule has 0 bridgehead atoms. The van der Waals surface area contributed by atoms with Gasteiger partial charge in [-0.25, -0.2) is 0 Å². The molecule has 0 aliphatic carbocycles. The van der Waals surface area contributed by atoms with E-state index in [0.717, 1.165) is 11.1 Å². The van der Waals surface area contributed by atoms with Crippen LogP contribution in [0.1, 0.15) is 11.1 Å². The zero-order chi connectivity index (χ0) is 14.1. The number of hydrogen-bond acceptors (Lipinski definition) is 1. The Bertz CT molecular complexity index is 762. The molecule has 4 heteroatoms. The molecule has 0 saturated heterocycles. The van der Waals surface area contributed by atoms with Crippen molar-refractivity contribution < 1.29 is 0 Å². The predicted molar refractivity (Wildman–Crippen MR) is 85.4 cm³/mol. The van der Waals surface area contributed by atoms with E-state index in [1.54, 1.807) is 6.07 Å². The Morgan fingerprint density at radius 3 is 2.60 bits per heavy atom. The van der Waals surface area contributed by atoms with Gasteiger partial charge in [-0.1, -0.05) is 41.4 Å². The number of hydrogen-bond donors (Lipinski definition) is 1. The molecule has 2 N–H and O–H groups in total. The zero-order valence-corrected chi connectivity index (χ0v) is 12.3. The van der Waals surface area contributed by atoms with Gasteiger partial charge < -0.3 is 10.3 Å². The van der Waals surface area contributed by atoms with Crippen LogP contribution in [0.5, 0.6) is 0 Å². The minimum absolute atomic E-state index is 0.545. The maximum atomic E-state index is 6.24. The van der Waals surface area contributed by atoms with Crippen molar-refractivity contribution in [3.8, 4) is 0 Å². The van der Waals surface area contributed by atoms with Gasteiger partial charge in [0.15, 0.2) is 0 Å². The number of benzene rings is 2. The smallest absolute Gasteiger partial charge is 0.0490 e. The van der Waals surface area contributed by atoms with Crippen LogP contribution in [0.2, 0.25) is 10.0 Å². The lowest BCUT2D eigenvalue weighted by molar-refractivity contribution is 0.837. The van der Waals surface area contributed by atoms with E-state index in [1.807, 2.05) is 18.2 Å². The molecule has 3 aromatic rings. The van der Waals surface area contributed by atoms with E-state index in [1.165, 1.54) is 10.9 Å². The highest BCUT2D eigenvalue weighted by atomic mass is 35.5. The van der Waals surface area contributed by atoms with Crippen molar-refractivity contribution in [2.45, 2.75) is 13.1 Å². The fraction of sp³-hybridized carbons (Fsp3) is 0.125. The molecule has 0 unspecified atom stereocenters. The van der Waals surface area contributed by atoms with Crippen LogP contribution in [-0.2, 0) is 13.1 Å². The maximum Gasteiger partial charge on any atom is 0.0490 e. The SMILES string of the molecule is NCc1cccc2c1ccn2Cc1ccc(Cl)cc1Cl. The van der Waals surface area contributed by atoms with Crippen LogP contribution in [0, 0.1) is 0 Å². The van der Waals surface area contributed by atoms with Gasteiger partial charge in [-0.3, -0.25) is 0 Å². The first kappa shape index (κ1) is 13.5. The summed E-state index contributed by atoms with van der Waals surface area (Å²) in [5.74, 6) is 0. The molecule has 2 nitrogen and oxygen atoms in total. The largest absolute Gasteiger partial charge is 0.343 e. The molecule has 3 rings (SSSR count). The lowest BCUT2D eigenvalue weighted by Gasteiger charge is -2.09. The van der Waals surface area contributed by atoms with Gasteiger partial charge in [-0.2, -0.15) is 0 Å². The van der Waals surface area contributed by atoms with Crippen molar-refractivity contribution in [1.29, 1.82) is 0 Å². The highest BCUT2D eigenvalue weighted by Crippen LogP contribution is 2.25. The lowest BCUT2D eigenvalue weighted by atomic mass is 10.1. The van der Waals surface area contributed by atoms with Gasteiger partial charge in [0.1, 0.15) is 0 Å². The highest BCUT2D eigenvalue weighted by Gasteiger charge is 2.07. The van der Waals surface area contributed by atoms with E-state index in [0.29, 0.717) is 23.1 Å². The molecule has 0 fully saturated rings. The summed E-state index contributed by atoms with van der Waals surface area (Å²) >= 11 is 12.2. The van der Waals surface area contributed by atoms with Crippen molar-refractivity contribution in [2.75, 3.05) is 0 Å². The van der Waals surface area contributed by atoms with Crippen LogP contribution in [-0.4, -0.2) is 4.57 Å². The summed E-state index contributed by atoms with van der Waals surface area (Å²) in [5.41, 5.74) is 9.14. The minimum Gasteiger partial charge on any atom is -0.343 e. The van der Waals surface area contributed by atoms with Crippen LogP contribution >= 0.6 is 23.2 Å². The lowest BCUT2D eigenvalue weighted by Crippen LogP contribution is -2.00. The zero-order valence-electron chi connectivity index (χ0n) is 10.8. The van der Waals surface area contributed by atoms with Crippen molar-refractivity contribution in [1.82, 2.24) is 4.57 Å². The summed E-state index contributed by atoms with van der Waals surface area (Å²) in [6, 6.07) is 13.9. The number of halogens is 2. The monoisotopic (exact) mass is 304 g/mol. The van der Waals surface area contributed by atoms with Gasteiger partial charge in [0.05, 0.1) is 0 Å². The van der Waals surface area contributed by atoms with Crippen LogP contribution in [0.4, 0.5) is 0 Å². The van der Waals surface area contributed by atoms with Gasteiger partial charge in [0.25, 0.3) is 0 Å². The fourth-order valence-electron chi connectivity index (χ4n) is 2.44. The molecule has 0 radical (unpaired) electrons. The highest BCUT2D eigenvalue weighted by molar-refractivity contribution is 6.35. The number of rotatable bonds is 3. The Kier molecular flexibility index (Phi) is 3.70. The molecular weight excluding hydrogens is 291 g/mol. The first-order valence-corrected chi connectivity index (χ1v) is 7.15. The van der Waals surface area contributed by atoms with Crippen LogP contribution in [0.3, 0.4) is 0 Å². The second-order valence-corrected chi connectivity index (χ2v) is 5.58. The molecule has 0 aliphatic heterocycles. The molecule has 1 heterocycles. The molecule has 1 aromatic heterocycles. The van der Waals surface area contributed by atoms with E-state index >= 15 is 0 Å². The van der Waals surface area contributed by atoms with Crippen molar-refractivity contribution in [3.05, 3.63) is 69.8 Å². The standard InChI is InChI=1S/C16H14Cl2N2/c17-13-5-4-12(15(18)8-13)10-20-7-6-14-11(9-19)2-1-3-16(14)20/h1-8H,9-10,19H2. The third-order valence-electron chi connectivity index (χ3n) is 3.48. The third kappa shape index (κ3) is 2.42. The van der Waals surface area contributed by atoms with Crippen LogP contribution in [0.25, 0.3) is 10.9 Å². The summed E-state index contributed by atoms with van der Waals surface area (Å²) in [6.07, 6.45) is 2.06. The number of nitrogens with zero attached hydrogens (tertiary/aromatic N) is 1. The minimum atomic E-state index is 0.545. The molecule has 102 valence electrons. The Balaban J connectivity index is 2.03. The first-order chi connectivity index (χ1) is 9.69. The van der Waals surface area contributed by atoms with E-state index in [9.17, 15) is 0 Å². The molecule has 0 amide bonds. The fourth-order valence-corrected chi connectivity index (χ4v) is 2.90. The number of nitrogens with two attached hydrogens (primary N) is 1. The number of fused-ring (bicyclic) bond motifs is 1. The Morgan fingerprint density at radius 2 is 1.85 bits per heavy atom. The van der Waals surface area contributed by atoms with Crippen molar-refractivity contribution >= 4 is 34.1 Å².